The summed E-state index contributed by atoms with van der Waals surface area (Å²) in [4.78, 5) is 2.08. The summed E-state index contributed by atoms with van der Waals surface area (Å²) in [5.41, 5.74) is 8.29. The van der Waals surface area contributed by atoms with Crippen LogP contribution in [0.25, 0.3) is 0 Å². The standard InChI is InChI=1S/C13H16N2O2/c1-15(7-10-4-5-17-9-10)8-11-6-12(14)2-3-13(11)16/h2-6,9,16H,7-8,14H2,1H3. The Morgan fingerprint density at radius 3 is 2.82 bits per heavy atom. The van der Waals surface area contributed by atoms with Crippen LogP contribution in [0, 0.1) is 0 Å². The SMILES string of the molecule is CN(Cc1ccoc1)Cc1cc(N)ccc1O. The highest BCUT2D eigenvalue weighted by Crippen LogP contribution is 2.21. The van der Waals surface area contributed by atoms with Gasteiger partial charge in [-0.25, -0.2) is 0 Å². The summed E-state index contributed by atoms with van der Waals surface area (Å²) in [7, 11) is 1.98. The van der Waals surface area contributed by atoms with Gasteiger partial charge in [0.1, 0.15) is 5.75 Å². The summed E-state index contributed by atoms with van der Waals surface area (Å²) in [6, 6.07) is 7.03. The third kappa shape index (κ3) is 3.01. The Hall–Kier alpha value is -1.94. The molecule has 0 saturated carbocycles. The molecule has 2 aromatic rings. The molecule has 0 amide bonds. The Morgan fingerprint density at radius 1 is 1.29 bits per heavy atom. The lowest BCUT2D eigenvalue weighted by Crippen LogP contribution is -2.17. The highest BCUT2D eigenvalue weighted by molar-refractivity contribution is 5.47. The number of furan rings is 1. The van der Waals surface area contributed by atoms with Crippen LogP contribution in [-0.2, 0) is 13.1 Å². The maximum atomic E-state index is 9.71. The van der Waals surface area contributed by atoms with Gasteiger partial charge in [0.05, 0.1) is 12.5 Å². The van der Waals surface area contributed by atoms with Crippen molar-refractivity contribution in [2.24, 2.45) is 0 Å². The Balaban J connectivity index is 2.02. The minimum atomic E-state index is 0.276. The second-order valence-corrected chi connectivity index (χ2v) is 4.19. The first-order valence-corrected chi connectivity index (χ1v) is 5.42. The minimum Gasteiger partial charge on any atom is -0.508 e. The van der Waals surface area contributed by atoms with E-state index < -0.39 is 0 Å². The summed E-state index contributed by atoms with van der Waals surface area (Å²) in [6.07, 6.45) is 3.37. The fourth-order valence-electron chi connectivity index (χ4n) is 1.77. The second kappa shape index (κ2) is 4.93. The number of nitrogens with two attached hydrogens (primary N) is 1. The van der Waals surface area contributed by atoms with Crippen molar-refractivity contribution in [1.29, 1.82) is 0 Å². The highest BCUT2D eigenvalue weighted by Gasteiger charge is 2.06. The van der Waals surface area contributed by atoms with Crippen LogP contribution in [0.15, 0.2) is 41.2 Å². The highest BCUT2D eigenvalue weighted by atomic mass is 16.3. The molecule has 4 heteroatoms. The predicted molar refractivity (Wildman–Crippen MR) is 66.4 cm³/mol. The molecule has 17 heavy (non-hydrogen) atoms. The molecule has 0 unspecified atom stereocenters. The van der Waals surface area contributed by atoms with Gasteiger partial charge < -0.3 is 15.3 Å². The fraction of sp³-hybridized carbons (Fsp3) is 0.231. The third-order valence-corrected chi connectivity index (χ3v) is 2.58. The number of nitrogens with zero attached hydrogens (tertiary/aromatic N) is 1. The van der Waals surface area contributed by atoms with Crippen molar-refractivity contribution in [3.63, 3.8) is 0 Å². The largest absolute Gasteiger partial charge is 0.508 e. The number of anilines is 1. The van der Waals surface area contributed by atoms with Gasteiger partial charge in [0.2, 0.25) is 0 Å². The smallest absolute Gasteiger partial charge is 0.120 e. The molecule has 3 N–H and O–H groups in total. The molecule has 0 spiro atoms. The normalized spacial score (nSPS) is 10.9. The molecular weight excluding hydrogens is 216 g/mol. The molecule has 0 aliphatic rings. The number of aromatic hydroxyl groups is 1. The van der Waals surface area contributed by atoms with Gasteiger partial charge >= 0.3 is 0 Å². The van der Waals surface area contributed by atoms with Gasteiger partial charge in [-0.2, -0.15) is 0 Å². The average molecular weight is 232 g/mol. The van der Waals surface area contributed by atoms with Crippen LogP contribution in [0.4, 0.5) is 5.69 Å². The Kier molecular flexibility index (Phi) is 3.35. The number of nitrogen functional groups attached to an aromatic ring is 1. The number of benzene rings is 1. The molecule has 0 fully saturated rings. The zero-order valence-corrected chi connectivity index (χ0v) is 9.76. The van der Waals surface area contributed by atoms with Gasteiger partial charge in [0.15, 0.2) is 0 Å². The number of phenolic OH excluding ortho intramolecular Hbond substituents is 1. The van der Waals surface area contributed by atoms with Gasteiger partial charge in [0, 0.05) is 29.9 Å². The van der Waals surface area contributed by atoms with E-state index in [2.05, 4.69) is 4.90 Å². The van der Waals surface area contributed by atoms with Crippen LogP contribution in [0.3, 0.4) is 0 Å². The first-order valence-electron chi connectivity index (χ1n) is 5.42. The first-order chi connectivity index (χ1) is 8.15. The molecule has 2 rings (SSSR count). The van der Waals surface area contributed by atoms with Crippen molar-refractivity contribution >= 4 is 5.69 Å². The number of phenols is 1. The van der Waals surface area contributed by atoms with E-state index in [0.29, 0.717) is 12.2 Å². The lowest BCUT2D eigenvalue weighted by Gasteiger charge is -2.16. The number of rotatable bonds is 4. The van der Waals surface area contributed by atoms with Gasteiger partial charge in [-0.15, -0.1) is 0 Å². The molecule has 1 aromatic heterocycles. The van der Waals surface area contributed by atoms with Crippen molar-refractivity contribution in [3.05, 3.63) is 47.9 Å². The van der Waals surface area contributed by atoms with Gasteiger partial charge in [-0.05, 0) is 31.3 Å². The van der Waals surface area contributed by atoms with E-state index in [1.807, 2.05) is 13.1 Å². The Labute approximate surface area is 100 Å². The first kappa shape index (κ1) is 11.5. The lowest BCUT2D eigenvalue weighted by molar-refractivity contribution is 0.311. The van der Waals surface area contributed by atoms with Gasteiger partial charge in [-0.3, -0.25) is 4.90 Å². The van der Waals surface area contributed by atoms with Gasteiger partial charge in [-0.1, -0.05) is 0 Å². The molecule has 0 bridgehead atoms. The van der Waals surface area contributed by atoms with Crippen molar-refractivity contribution in [3.8, 4) is 5.75 Å². The van der Waals surface area contributed by atoms with Gasteiger partial charge in [0.25, 0.3) is 0 Å². The molecule has 0 radical (unpaired) electrons. The fourth-order valence-corrected chi connectivity index (χ4v) is 1.77. The third-order valence-electron chi connectivity index (χ3n) is 2.58. The zero-order chi connectivity index (χ0) is 12.3. The maximum Gasteiger partial charge on any atom is 0.120 e. The van der Waals surface area contributed by atoms with Crippen LogP contribution in [0.5, 0.6) is 5.75 Å². The minimum absolute atomic E-state index is 0.276. The molecule has 0 aliphatic carbocycles. The molecule has 4 nitrogen and oxygen atoms in total. The van der Waals surface area contributed by atoms with Crippen molar-refractivity contribution in [1.82, 2.24) is 4.90 Å². The number of hydrogen-bond donors (Lipinski definition) is 2. The molecular formula is C13H16N2O2. The zero-order valence-electron chi connectivity index (χ0n) is 9.76. The summed E-state index contributed by atoms with van der Waals surface area (Å²) in [5.74, 6) is 0.276. The van der Waals surface area contributed by atoms with E-state index in [-0.39, 0.29) is 5.75 Å². The van der Waals surface area contributed by atoms with Crippen LogP contribution >= 0.6 is 0 Å². The van der Waals surface area contributed by atoms with E-state index in [1.165, 1.54) is 0 Å². The van der Waals surface area contributed by atoms with Crippen LogP contribution in [0.1, 0.15) is 11.1 Å². The summed E-state index contributed by atoms with van der Waals surface area (Å²) in [6.45, 7) is 1.41. The van der Waals surface area contributed by atoms with E-state index in [0.717, 1.165) is 17.7 Å². The predicted octanol–water partition coefficient (Wildman–Crippen LogP) is 2.20. The van der Waals surface area contributed by atoms with Crippen LogP contribution < -0.4 is 5.73 Å². The van der Waals surface area contributed by atoms with Crippen LogP contribution in [0.2, 0.25) is 0 Å². The quantitative estimate of drug-likeness (QED) is 0.626. The second-order valence-electron chi connectivity index (χ2n) is 4.19. The summed E-state index contributed by atoms with van der Waals surface area (Å²) >= 11 is 0. The van der Waals surface area contributed by atoms with Crippen LogP contribution in [-0.4, -0.2) is 17.1 Å². The molecule has 0 atom stereocenters. The molecule has 1 heterocycles. The Morgan fingerprint density at radius 2 is 2.12 bits per heavy atom. The molecule has 90 valence electrons. The monoisotopic (exact) mass is 232 g/mol. The topological polar surface area (TPSA) is 62.6 Å². The molecule has 0 aliphatic heterocycles. The van der Waals surface area contributed by atoms with E-state index in [1.54, 1.807) is 30.7 Å². The number of hydrogen-bond acceptors (Lipinski definition) is 4. The molecule has 0 saturated heterocycles. The summed E-state index contributed by atoms with van der Waals surface area (Å²) < 4.78 is 5.01. The van der Waals surface area contributed by atoms with Crippen molar-refractivity contribution < 1.29 is 9.52 Å². The average Bonchev–Trinajstić information content (AvgIpc) is 2.76. The van der Waals surface area contributed by atoms with E-state index >= 15 is 0 Å². The summed E-state index contributed by atoms with van der Waals surface area (Å²) in [5, 5.41) is 9.71. The maximum absolute atomic E-state index is 9.71. The van der Waals surface area contributed by atoms with Crippen molar-refractivity contribution in [2.75, 3.05) is 12.8 Å². The Bertz CT molecular complexity index is 480. The van der Waals surface area contributed by atoms with Crippen molar-refractivity contribution in [2.45, 2.75) is 13.1 Å². The van der Waals surface area contributed by atoms with E-state index in [9.17, 15) is 5.11 Å². The van der Waals surface area contributed by atoms with E-state index in [4.69, 9.17) is 10.2 Å². The lowest BCUT2D eigenvalue weighted by atomic mass is 10.1. The molecule has 1 aromatic carbocycles.